The molecular formula is C13H26N2. The quantitative estimate of drug-likeness (QED) is 0.765. The molecule has 0 heterocycles. The number of nitrogens with zero attached hydrogens (tertiary/aromatic N) is 1. The van der Waals surface area contributed by atoms with E-state index < -0.39 is 0 Å². The summed E-state index contributed by atoms with van der Waals surface area (Å²) in [5, 5.41) is 3.50. The third kappa shape index (κ3) is 2.73. The first-order valence-corrected chi connectivity index (χ1v) is 6.68. The van der Waals surface area contributed by atoms with Crippen molar-refractivity contribution in [3.05, 3.63) is 0 Å². The molecule has 0 spiro atoms. The maximum atomic E-state index is 3.50. The van der Waals surface area contributed by atoms with E-state index >= 15 is 0 Å². The predicted molar refractivity (Wildman–Crippen MR) is 65.1 cm³/mol. The van der Waals surface area contributed by atoms with Crippen molar-refractivity contribution < 1.29 is 0 Å². The van der Waals surface area contributed by atoms with Crippen LogP contribution in [-0.2, 0) is 0 Å². The smallest absolute Gasteiger partial charge is 0.0246 e. The van der Waals surface area contributed by atoms with E-state index in [1.54, 1.807) is 0 Å². The highest BCUT2D eigenvalue weighted by Gasteiger charge is 2.29. The Balaban J connectivity index is 1.82. The lowest BCUT2D eigenvalue weighted by atomic mass is 9.83. The fraction of sp³-hybridized carbons (Fsp3) is 1.00. The van der Waals surface area contributed by atoms with Crippen LogP contribution in [0, 0.1) is 5.92 Å². The van der Waals surface area contributed by atoms with Crippen LogP contribution in [-0.4, -0.2) is 37.6 Å². The average Bonchev–Trinajstić information content (AvgIpc) is 2.23. The summed E-state index contributed by atoms with van der Waals surface area (Å²) < 4.78 is 0. The summed E-state index contributed by atoms with van der Waals surface area (Å²) in [7, 11) is 4.46. The lowest BCUT2D eigenvalue weighted by molar-refractivity contribution is 0.112. The summed E-state index contributed by atoms with van der Waals surface area (Å²) in [5.74, 6) is 1.01. The van der Waals surface area contributed by atoms with E-state index in [1.165, 1.54) is 51.5 Å². The van der Waals surface area contributed by atoms with Crippen LogP contribution in [0.1, 0.15) is 44.9 Å². The second-order valence-electron chi connectivity index (χ2n) is 5.48. The molecule has 2 aliphatic carbocycles. The maximum absolute atomic E-state index is 3.50. The fourth-order valence-corrected chi connectivity index (χ4v) is 3.19. The Hall–Kier alpha value is -0.0800. The zero-order chi connectivity index (χ0) is 10.7. The highest BCUT2D eigenvalue weighted by molar-refractivity contribution is 4.87. The van der Waals surface area contributed by atoms with Gasteiger partial charge in [0.25, 0.3) is 0 Å². The van der Waals surface area contributed by atoms with Crippen molar-refractivity contribution >= 4 is 0 Å². The van der Waals surface area contributed by atoms with Crippen LogP contribution in [0.4, 0.5) is 0 Å². The summed E-state index contributed by atoms with van der Waals surface area (Å²) in [5.41, 5.74) is 0. The lowest BCUT2D eigenvalue weighted by Crippen LogP contribution is -2.50. The van der Waals surface area contributed by atoms with Crippen molar-refractivity contribution in [3.8, 4) is 0 Å². The molecule has 2 fully saturated rings. The first kappa shape index (κ1) is 11.4. The van der Waals surface area contributed by atoms with Crippen LogP contribution < -0.4 is 5.32 Å². The van der Waals surface area contributed by atoms with E-state index in [1.807, 2.05) is 0 Å². The second kappa shape index (κ2) is 5.31. The van der Waals surface area contributed by atoms with Gasteiger partial charge in [-0.25, -0.2) is 0 Å². The highest BCUT2D eigenvalue weighted by atomic mass is 15.2. The molecule has 0 radical (unpaired) electrons. The molecule has 0 aromatic rings. The van der Waals surface area contributed by atoms with Crippen molar-refractivity contribution in [3.63, 3.8) is 0 Å². The Bertz CT molecular complexity index is 189. The standard InChI is InChI=1S/C13H26N2/c1-14-12-8-3-4-9-13(12)15(2)10-11-6-5-7-11/h11-14H,3-10H2,1-2H3/t12-,13-/m1/s1. The van der Waals surface area contributed by atoms with E-state index in [9.17, 15) is 0 Å². The number of hydrogen-bond donors (Lipinski definition) is 1. The Morgan fingerprint density at radius 2 is 1.80 bits per heavy atom. The molecule has 0 unspecified atom stereocenters. The number of nitrogens with one attached hydrogen (secondary N) is 1. The molecule has 2 nitrogen and oxygen atoms in total. The van der Waals surface area contributed by atoms with Gasteiger partial charge in [-0.2, -0.15) is 0 Å². The number of hydrogen-bond acceptors (Lipinski definition) is 2. The molecule has 2 saturated carbocycles. The minimum absolute atomic E-state index is 0.740. The molecule has 15 heavy (non-hydrogen) atoms. The van der Waals surface area contributed by atoms with Crippen molar-refractivity contribution in [2.24, 2.45) is 5.92 Å². The minimum atomic E-state index is 0.740. The van der Waals surface area contributed by atoms with Gasteiger partial charge in [0.05, 0.1) is 0 Å². The van der Waals surface area contributed by atoms with Gasteiger partial charge < -0.3 is 10.2 Å². The Kier molecular flexibility index (Phi) is 4.04. The third-order valence-corrected chi connectivity index (χ3v) is 4.44. The SMILES string of the molecule is CN[C@@H]1CCCC[C@H]1N(C)CC1CCC1. The van der Waals surface area contributed by atoms with Gasteiger partial charge in [-0.05, 0) is 45.7 Å². The van der Waals surface area contributed by atoms with E-state index in [-0.39, 0.29) is 0 Å². The van der Waals surface area contributed by atoms with Crippen LogP contribution >= 0.6 is 0 Å². The molecule has 0 aliphatic heterocycles. The van der Waals surface area contributed by atoms with Gasteiger partial charge in [-0.15, -0.1) is 0 Å². The molecule has 0 saturated heterocycles. The normalized spacial score (nSPS) is 33.0. The first-order chi connectivity index (χ1) is 7.31. The van der Waals surface area contributed by atoms with E-state index in [0.29, 0.717) is 0 Å². The molecule has 88 valence electrons. The van der Waals surface area contributed by atoms with Gasteiger partial charge in [0.1, 0.15) is 0 Å². The lowest BCUT2D eigenvalue weighted by Gasteiger charge is -2.41. The monoisotopic (exact) mass is 210 g/mol. The van der Waals surface area contributed by atoms with Crippen molar-refractivity contribution in [1.29, 1.82) is 0 Å². The summed E-state index contributed by atoms with van der Waals surface area (Å²) >= 11 is 0. The summed E-state index contributed by atoms with van der Waals surface area (Å²) in [6.07, 6.45) is 10.0. The Morgan fingerprint density at radius 3 is 2.40 bits per heavy atom. The molecule has 2 rings (SSSR count). The minimum Gasteiger partial charge on any atom is -0.315 e. The van der Waals surface area contributed by atoms with Crippen LogP contribution in [0.5, 0.6) is 0 Å². The molecule has 2 aliphatic rings. The van der Waals surface area contributed by atoms with Crippen LogP contribution in [0.2, 0.25) is 0 Å². The van der Waals surface area contributed by atoms with Crippen LogP contribution in [0.15, 0.2) is 0 Å². The molecular weight excluding hydrogens is 184 g/mol. The van der Waals surface area contributed by atoms with E-state index in [4.69, 9.17) is 0 Å². The fourth-order valence-electron chi connectivity index (χ4n) is 3.19. The predicted octanol–water partition coefficient (Wildman–Crippen LogP) is 2.25. The average molecular weight is 210 g/mol. The van der Waals surface area contributed by atoms with Crippen molar-refractivity contribution in [1.82, 2.24) is 10.2 Å². The van der Waals surface area contributed by atoms with Gasteiger partial charge in [-0.1, -0.05) is 19.3 Å². The second-order valence-corrected chi connectivity index (χ2v) is 5.48. The first-order valence-electron chi connectivity index (χ1n) is 6.68. The van der Waals surface area contributed by atoms with Gasteiger partial charge in [-0.3, -0.25) is 0 Å². The maximum Gasteiger partial charge on any atom is 0.0246 e. The van der Waals surface area contributed by atoms with E-state index in [0.717, 1.165) is 18.0 Å². The van der Waals surface area contributed by atoms with E-state index in [2.05, 4.69) is 24.3 Å². The summed E-state index contributed by atoms with van der Waals surface area (Å²) in [6, 6.07) is 1.54. The Morgan fingerprint density at radius 1 is 1.07 bits per heavy atom. The summed E-state index contributed by atoms with van der Waals surface area (Å²) in [4.78, 5) is 2.63. The molecule has 0 aromatic heterocycles. The van der Waals surface area contributed by atoms with Crippen LogP contribution in [0.25, 0.3) is 0 Å². The van der Waals surface area contributed by atoms with Crippen molar-refractivity contribution in [2.45, 2.75) is 57.0 Å². The molecule has 1 N–H and O–H groups in total. The van der Waals surface area contributed by atoms with Gasteiger partial charge in [0, 0.05) is 18.6 Å². The van der Waals surface area contributed by atoms with Gasteiger partial charge in [0.15, 0.2) is 0 Å². The molecule has 2 atom stereocenters. The topological polar surface area (TPSA) is 15.3 Å². The summed E-state index contributed by atoms with van der Waals surface area (Å²) in [6.45, 7) is 1.34. The number of likely N-dealkylation sites (N-methyl/N-ethyl adjacent to an activating group) is 2. The largest absolute Gasteiger partial charge is 0.315 e. The zero-order valence-corrected chi connectivity index (χ0v) is 10.3. The highest BCUT2D eigenvalue weighted by Crippen LogP contribution is 2.29. The van der Waals surface area contributed by atoms with Gasteiger partial charge in [0.2, 0.25) is 0 Å². The molecule has 0 amide bonds. The van der Waals surface area contributed by atoms with Crippen LogP contribution in [0.3, 0.4) is 0 Å². The molecule has 0 bridgehead atoms. The molecule has 2 heteroatoms. The molecule has 0 aromatic carbocycles. The number of rotatable bonds is 4. The Labute approximate surface area is 94.4 Å². The van der Waals surface area contributed by atoms with Gasteiger partial charge >= 0.3 is 0 Å². The third-order valence-electron chi connectivity index (χ3n) is 4.44. The zero-order valence-electron chi connectivity index (χ0n) is 10.3. The van der Waals surface area contributed by atoms with Crippen molar-refractivity contribution in [2.75, 3.05) is 20.6 Å².